The molecule has 12 fully saturated rings. The quantitative estimate of drug-likeness (QED) is 0.0237. The summed E-state index contributed by atoms with van der Waals surface area (Å²) >= 11 is 0. The first kappa shape index (κ1) is 123. The van der Waals surface area contributed by atoms with Crippen molar-refractivity contribution >= 4 is 41.8 Å². The van der Waals surface area contributed by atoms with Crippen LogP contribution < -0.4 is 0 Å². The average molecular weight is 1960 g/mol. The molecule has 0 aromatic rings. The van der Waals surface area contributed by atoms with Crippen molar-refractivity contribution in [3.63, 3.8) is 0 Å². The molecule has 12 aliphatic rings. The topological polar surface area (TPSA) is 332 Å². The number of rotatable bonds is 42. The van der Waals surface area contributed by atoms with Crippen LogP contribution in [0.4, 0.5) is 0 Å². The van der Waals surface area contributed by atoms with Gasteiger partial charge < -0.3 is 109 Å². The Hall–Kier alpha value is -4.35. The van der Waals surface area contributed by atoms with E-state index in [0.717, 1.165) is 219 Å². The van der Waals surface area contributed by atoms with E-state index in [2.05, 4.69) is 13.8 Å². The molecular weight excluding hydrogens is 1770 g/mol. The maximum Gasteiger partial charge on any atom is 0.312 e. The summed E-state index contributed by atoms with van der Waals surface area (Å²) in [5.74, 6) is -2.03. The Kier molecular flexibility index (Phi) is 51.7. The van der Waals surface area contributed by atoms with Crippen LogP contribution in [0.2, 0.25) is 0 Å². The first-order valence-electron chi connectivity index (χ1n) is 52.7. The fraction of sp³-hybridized carbons (Fsp3) is 0.935. The van der Waals surface area contributed by atoms with Crippen LogP contribution in [0.3, 0.4) is 0 Å². The SMILES string of the molecule is CCC(C)(C)C(=O)OC12CC3CC(OC4CCCCO4)(C1)CC(OC1CCCCO1)(C3)C2.CCC(C)(C)C(=O)OC1CCC2OC(C)(C)OC2C1.CCC(C)(C)C(=O)OCC1COC(C)(C)O1.CCC(C)(C)C(=O)OCC1COC2(CCCCC2)O1.CCC(C)(C)C(=O)OCCOC1CCCCO1.CCCCOC(C)OCCOC(=O)C(C)(C)CC.CCOC(C)OCCOC(=O)C(C)(C)CC. The van der Waals surface area contributed by atoms with Crippen molar-refractivity contribution in [2.75, 3.05) is 99.1 Å². The average Bonchev–Trinajstić information content (AvgIpc) is 1.14. The van der Waals surface area contributed by atoms with E-state index in [4.69, 9.17) is 109 Å². The number of hydrogen-bond donors (Lipinski definition) is 0. The van der Waals surface area contributed by atoms with Crippen molar-refractivity contribution in [1.82, 2.24) is 0 Å². The smallest absolute Gasteiger partial charge is 0.312 e. The number of unbranched alkanes of at least 4 members (excludes halogenated alkanes) is 1. The summed E-state index contributed by atoms with van der Waals surface area (Å²) < 4.78 is 130. The molecule has 6 aliphatic carbocycles. The fourth-order valence-electron chi connectivity index (χ4n) is 17.4. The number of ether oxygens (including phenoxy) is 23. The Labute approximate surface area is 825 Å². The van der Waals surface area contributed by atoms with Gasteiger partial charge in [-0.3, -0.25) is 33.6 Å². The van der Waals surface area contributed by atoms with Crippen LogP contribution >= 0.6 is 0 Å². The second-order valence-electron chi connectivity index (χ2n) is 44.8. The number of hydrogen-bond acceptors (Lipinski definition) is 30. The third-order valence-electron chi connectivity index (χ3n) is 28.9. The van der Waals surface area contributed by atoms with Crippen LogP contribution in [-0.4, -0.2) is 237 Å². The Bertz CT molecular complexity index is 3450. The van der Waals surface area contributed by atoms with Crippen LogP contribution in [0.15, 0.2) is 0 Å². The molecule has 6 aliphatic heterocycles. The van der Waals surface area contributed by atoms with Gasteiger partial charge in [-0.05, 0) is 305 Å². The molecular formula is C107H192O30. The largest absolute Gasteiger partial charge is 0.463 e. The fourth-order valence-corrected chi connectivity index (χ4v) is 17.4. The Morgan fingerprint density at radius 1 is 0.365 bits per heavy atom. The first-order chi connectivity index (χ1) is 64.2. The molecule has 6 saturated heterocycles. The van der Waals surface area contributed by atoms with Gasteiger partial charge in [0.05, 0.1) is 94.3 Å². The van der Waals surface area contributed by atoms with Crippen LogP contribution in [0.5, 0.6) is 0 Å². The van der Waals surface area contributed by atoms with Gasteiger partial charge in [-0.15, -0.1) is 0 Å². The molecule has 12 unspecified atom stereocenters. The lowest BCUT2D eigenvalue weighted by molar-refractivity contribution is -0.343. The third-order valence-corrected chi connectivity index (χ3v) is 28.9. The van der Waals surface area contributed by atoms with E-state index in [0.29, 0.717) is 65.4 Å². The number of esters is 7. The van der Waals surface area contributed by atoms with E-state index in [9.17, 15) is 33.6 Å². The van der Waals surface area contributed by atoms with E-state index < -0.39 is 55.1 Å². The summed E-state index contributed by atoms with van der Waals surface area (Å²) in [5.41, 5.74) is -4.13. The molecule has 12 rings (SSSR count). The van der Waals surface area contributed by atoms with E-state index in [-0.39, 0.29) is 141 Å². The molecule has 0 aromatic heterocycles. The zero-order valence-electron chi connectivity index (χ0n) is 90.8. The lowest BCUT2D eigenvalue weighted by Gasteiger charge is -2.65. The summed E-state index contributed by atoms with van der Waals surface area (Å²) in [7, 11) is 0. The Morgan fingerprint density at radius 2 is 0.752 bits per heavy atom. The highest BCUT2D eigenvalue weighted by atomic mass is 16.8. The summed E-state index contributed by atoms with van der Waals surface area (Å²) in [6, 6.07) is 0. The molecule has 0 amide bonds. The maximum absolute atomic E-state index is 13.2. The van der Waals surface area contributed by atoms with Gasteiger partial charge in [0.15, 0.2) is 48.8 Å². The van der Waals surface area contributed by atoms with Gasteiger partial charge in [0.1, 0.15) is 56.9 Å². The van der Waals surface area contributed by atoms with E-state index in [1.54, 1.807) is 0 Å². The van der Waals surface area contributed by atoms with Crippen molar-refractivity contribution in [2.45, 2.75) is 502 Å². The summed E-state index contributed by atoms with van der Waals surface area (Å²) in [6.07, 6.45) is 29.5. The van der Waals surface area contributed by atoms with Gasteiger partial charge in [0, 0.05) is 71.6 Å². The van der Waals surface area contributed by atoms with Crippen molar-refractivity contribution in [3.8, 4) is 0 Å². The highest BCUT2D eigenvalue weighted by molar-refractivity contribution is 5.78. The lowest BCUT2D eigenvalue weighted by Crippen LogP contribution is -2.69. The predicted octanol–water partition coefficient (Wildman–Crippen LogP) is 21.5. The minimum atomic E-state index is -0.558. The first-order valence-corrected chi connectivity index (χ1v) is 52.7. The van der Waals surface area contributed by atoms with Crippen LogP contribution in [0.25, 0.3) is 0 Å². The molecule has 30 heteroatoms. The normalized spacial score (nSPS) is 27.5. The molecule has 12 atom stereocenters. The van der Waals surface area contributed by atoms with Crippen LogP contribution in [0.1, 0.15) is 406 Å². The molecule has 0 aromatic carbocycles. The van der Waals surface area contributed by atoms with Crippen molar-refractivity contribution in [2.24, 2.45) is 43.8 Å². The number of carbonyl (C=O) groups excluding carboxylic acids is 7. The number of carbonyl (C=O) groups is 7. The van der Waals surface area contributed by atoms with Gasteiger partial charge in [-0.2, -0.15) is 0 Å². The van der Waals surface area contributed by atoms with Crippen molar-refractivity contribution in [1.29, 1.82) is 0 Å². The van der Waals surface area contributed by atoms with Crippen molar-refractivity contribution in [3.05, 3.63) is 0 Å². The molecule has 0 N–H and O–H groups in total. The second kappa shape index (κ2) is 57.5. The van der Waals surface area contributed by atoms with Crippen LogP contribution in [-0.2, 0) is 143 Å². The van der Waals surface area contributed by atoms with Gasteiger partial charge in [-0.25, -0.2) is 0 Å². The van der Waals surface area contributed by atoms with Gasteiger partial charge in [-0.1, -0.05) is 68.2 Å². The minimum absolute atomic E-state index is 0.0305. The maximum atomic E-state index is 13.2. The molecule has 1 spiro atoms. The lowest BCUT2D eigenvalue weighted by atomic mass is 9.50. The Morgan fingerprint density at radius 3 is 1.18 bits per heavy atom. The predicted molar refractivity (Wildman–Crippen MR) is 520 cm³/mol. The van der Waals surface area contributed by atoms with E-state index >= 15 is 0 Å². The second-order valence-corrected chi connectivity index (χ2v) is 44.8. The zero-order chi connectivity index (χ0) is 102. The van der Waals surface area contributed by atoms with E-state index in [1.807, 2.05) is 187 Å². The molecule has 6 heterocycles. The minimum Gasteiger partial charge on any atom is -0.463 e. The molecule has 6 saturated carbocycles. The molecule has 30 nitrogen and oxygen atoms in total. The highest BCUT2D eigenvalue weighted by Gasteiger charge is 2.68. The van der Waals surface area contributed by atoms with Crippen LogP contribution in [0, 0.1) is 43.8 Å². The molecule has 800 valence electrons. The zero-order valence-corrected chi connectivity index (χ0v) is 90.8. The van der Waals surface area contributed by atoms with E-state index in [1.165, 1.54) is 6.42 Å². The van der Waals surface area contributed by atoms with Gasteiger partial charge in [0.2, 0.25) is 0 Å². The summed E-state index contributed by atoms with van der Waals surface area (Å²) in [5, 5.41) is 0. The monoisotopic (exact) mass is 1960 g/mol. The number of fused-ring (bicyclic) bond motifs is 1. The van der Waals surface area contributed by atoms with Gasteiger partial charge >= 0.3 is 41.8 Å². The molecule has 137 heavy (non-hydrogen) atoms. The third kappa shape index (κ3) is 42.3. The standard InChI is InChI=1S/C26H42O6.2C15H26O4.C14H28O4.C13H24O4.C12H22O4.C12H24O4/c1-4-23(2,3)22(27)32-26-15-19-13-24(17-26,30-20-9-5-7-11-28-20)16-25(14-19,18-26)31-21-10-6-8-12-29-21;1-6-14(2,3)13(16)17-10-7-8-11-12(9-10)19-15(4,5)18-11;1-4-14(2,3)13(16)17-10-12-11-18-15(19-12)8-6-5-7-9-15;1-6-8-9-16-12(3)17-10-11-18-13(15)14(4,5)7-2;1-4-13(2,3)12(14)17-10-9-16-11-7-5-6-8-15-11;1-6-11(2,3)10(13)14-7-9-8-15-12(4,5)16-9;1-6-12(4,5)11(13)16-9-8-15-10(3)14-7-2/h19-21H,4-18H2,1-3H3;10-12H,6-9H2,1-5H3;12H,4-11H2,1-3H3;12H,6-11H2,1-5H3;11H,4-10H2,1-3H3;9H,6-8H2,1-5H3;10H,6-9H2,1-5H3. The summed E-state index contributed by atoms with van der Waals surface area (Å²) in [6.45, 7) is 63.2. The van der Waals surface area contributed by atoms with Gasteiger partial charge in [0.25, 0.3) is 0 Å². The van der Waals surface area contributed by atoms with Crippen molar-refractivity contribution < 1.29 is 143 Å². The Balaban J connectivity index is 0.000000287. The highest BCUT2D eigenvalue weighted by Crippen LogP contribution is 2.64. The summed E-state index contributed by atoms with van der Waals surface area (Å²) in [4.78, 5) is 83.7. The molecule has 0 radical (unpaired) electrons. The molecule has 4 bridgehead atoms.